The van der Waals surface area contributed by atoms with E-state index in [9.17, 15) is 4.79 Å². The SMILES string of the molecule is O=C(O)c1csc(Sc2ccccn2)n1. The van der Waals surface area contributed by atoms with Crippen LogP contribution in [0.2, 0.25) is 0 Å². The van der Waals surface area contributed by atoms with Gasteiger partial charge in [-0.15, -0.1) is 11.3 Å². The predicted octanol–water partition coefficient (Wildman–Crippen LogP) is 2.39. The van der Waals surface area contributed by atoms with Crippen molar-refractivity contribution in [3.05, 3.63) is 35.5 Å². The number of carbonyl (C=O) groups is 1. The van der Waals surface area contributed by atoms with Crippen molar-refractivity contribution < 1.29 is 9.90 Å². The summed E-state index contributed by atoms with van der Waals surface area (Å²) in [4.78, 5) is 18.6. The quantitative estimate of drug-likeness (QED) is 0.889. The predicted molar refractivity (Wildman–Crippen MR) is 57.4 cm³/mol. The summed E-state index contributed by atoms with van der Waals surface area (Å²) in [6.07, 6.45) is 1.69. The second-order valence-electron chi connectivity index (χ2n) is 2.57. The molecule has 2 rings (SSSR count). The van der Waals surface area contributed by atoms with Gasteiger partial charge in [-0.3, -0.25) is 0 Å². The van der Waals surface area contributed by atoms with Gasteiger partial charge in [0.05, 0.1) is 0 Å². The lowest BCUT2D eigenvalue weighted by Gasteiger charge is -1.93. The number of aromatic nitrogens is 2. The van der Waals surface area contributed by atoms with E-state index in [1.807, 2.05) is 18.2 Å². The molecule has 4 nitrogen and oxygen atoms in total. The molecule has 0 bridgehead atoms. The maximum atomic E-state index is 10.6. The van der Waals surface area contributed by atoms with Gasteiger partial charge in [0.25, 0.3) is 0 Å². The van der Waals surface area contributed by atoms with E-state index in [2.05, 4.69) is 9.97 Å². The molecular formula is C9H6N2O2S2. The lowest BCUT2D eigenvalue weighted by Crippen LogP contribution is -1.95. The first kappa shape index (κ1) is 10.1. The molecule has 0 radical (unpaired) electrons. The number of carboxylic acid groups (broad SMARTS) is 1. The molecule has 2 heterocycles. The van der Waals surface area contributed by atoms with Gasteiger partial charge >= 0.3 is 5.97 Å². The van der Waals surface area contributed by atoms with Gasteiger partial charge in [0, 0.05) is 11.6 Å². The molecule has 0 fully saturated rings. The van der Waals surface area contributed by atoms with Gasteiger partial charge in [0.1, 0.15) is 5.03 Å². The van der Waals surface area contributed by atoms with Crippen molar-refractivity contribution in [3.8, 4) is 0 Å². The summed E-state index contributed by atoms with van der Waals surface area (Å²) in [7, 11) is 0. The third kappa shape index (κ3) is 2.54. The molecule has 1 N–H and O–H groups in total. The van der Waals surface area contributed by atoms with E-state index in [4.69, 9.17) is 5.11 Å². The van der Waals surface area contributed by atoms with Gasteiger partial charge in [-0.25, -0.2) is 14.8 Å². The summed E-state index contributed by atoms with van der Waals surface area (Å²) in [6, 6.07) is 5.56. The Morgan fingerprint density at radius 1 is 1.47 bits per heavy atom. The Morgan fingerprint density at radius 3 is 2.93 bits per heavy atom. The molecule has 0 spiro atoms. The fourth-order valence-corrected chi connectivity index (χ4v) is 2.59. The number of aromatic carboxylic acids is 1. The minimum Gasteiger partial charge on any atom is -0.476 e. The van der Waals surface area contributed by atoms with Crippen molar-refractivity contribution in [2.45, 2.75) is 9.37 Å². The van der Waals surface area contributed by atoms with E-state index in [1.165, 1.54) is 28.5 Å². The molecule has 0 amide bonds. The number of hydrogen-bond donors (Lipinski definition) is 1. The highest BCUT2D eigenvalue weighted by molar-refractivity contribution is 8.01. The molecule has 0 aromatic carbocycles. The Bertz CT molecular complexity index is 470. The Hall–Kier alpha value is -1.40. The van der Waals surface area contributed by atoms with Gasteiger partial charge in [-0.05, 0) is 23.9 Å². The van der Waals surface area contributed by atoms with Gasteiger partial charge in [-0.2, -0.15) is 0 Å². The molecular weight excluding hydrogens is 232 g/mol. The third-order valence-corrected chi connectivity index (χ3v) is 3.42. The molecule has 0 aliphatic rings. The van der Waals surface area contributed by atoms with Gasteiger partial charge in [0.2, 0.25) is 0 Å². The first-order valence-corrected chi connectivity index (χ1v) is 5.73. The van der Waals surface area contributed by atoms with Crippen LogP contribution in [0.15, 0.2) is 39.1 Å². The molecule has 2 aromatic heterocycles. The highest BCUT2D eigenvalue weighted by atomic mass is 32.2. The average molecular weight is 238 g/mol. The van der Waals surface area contributed by atoms with Crippen molar-refractivity contribution in [2.24, 2.45) is 0 Å². The largest absolute Gasteiger partial charge is 0.476 e. The lowest BCUT2D eigenvalue weighted by atomic mass is 10.5. The van der Waals surface area contributed by atoms with Gasteiger partial charge in [0.15, 0.2) is 10.0 Å². The summed E-state index contributed by atoms with van der Waals surface area (Å²) >= 11 is 2.66. The van der Waals surface area contributed by atoms with E-state index >= 15 is 0 Å². The van der Waals surface area contributed by atoms with Crippen LogP contribution in [0.1, 0.15) is 10.5 Å². The molecule has 0 unspecified atom stereocenters. The fourth-order valence-electron chi connectivity index (χ4n) is 0.899. The van der Waals surface area contributed by atoms with Crippen LogP contribution in [0.4, 0.5) is 0 Å². The van der Waals surface area contributed by atoms with Crippen molar-refractivity contribution >= 4 is 29.1 Å². The monoisotopic (exact) mass is 238 g/mol. The van der Waals surface area contributed by atoms with Gasteiger partial charge < -0.3 is 5.11 Å². The second kappa shape index (κ2) is 4.41. The summed E-state index contributed by atoms with van der Waals surface area (Å²) in [5.41, 5.74) is 0.0819. The topological polar surface area (TPSA) is 63.1 Å². The number of rotatable bonds is 3. The Kier molecular flexibility index (Phi) is 2.98. The molecule has 0 aliphatic heterocycles. The molecule has 15 heavy (non-hydrogen) atoms. The normalized spacial score (nSPS) is 10.1. The molecule has 6 heteroatoms. The Labute approximate surface area is 94.0 Å². The minimum atomic E-state index is -1.00. The lowest BCUT2D eigenvalue weighted by molar-refractivity contribution is 0.0691. The van der Waals surface area contributed by atoms with E-state index < -0.39 is 5.97 Å². The van der Waals surface area contributed by atoms with Crippen LogP contribution in [-0.4, -0.2) is 21.0 Å². The van der Waals surface area contributed by atoms with Crippen molar-refractivity contribution in [1.82, 2.24) is 9.97 Å². The van der Waals surface area contributed by atoms with Crippen LogP contribution < -0.4 is 0 Å². The zero-order valence-corrected chi connectivity index (χ0v) is 9.09. The summed E-state index contributed by atoms with van der Waals surface area (Å²) < 4.78 is 0.686. The molecule has 76 valence electrons. The number of nitrogens with zero attached hydrogens (tertiary/aromatic N) is 2. The number of hydrogen-bond acceptors (Lipinski definition) is 5. The van der Waals surface area contributed by atoms with E-state index in [1.54, 1.807) is 6.20 Å². The van der Waals surface area contributed by atoms with Crippen molar-refractivity contribution in [3.63, 3.8) is 0 Å². The number of thiazole rings is 1. The summed E-state index contributed by atoms with van der Waals surface area (Å²) in [6.45, 7) is 0. The number of carboxylic acids is 1. The van der Waals surface area contributed by atoms with Gasteiger partial charge in [-0.1, -0.05) is 6.07 Å². The molecule has 0 atom stereocenters. The second-order valence-corrected chi connectivity index (χ2v) is 4.70. The smallest absolute Gasteiger partial charge is 0.355 e. The standard InChI is InChI=1S/C9H6N2O2S2/c12-8(13)6-5-14-9(11-6)15-7-3-1-2-4-10-7/h1-5H,(H,12,13). The van der Waals surface area contributed by atoms with Crippen molar-refractivity contribution in [1.29, 1.82) is 0 Å². The Morgan fingerprint density at radius 2 is 2.33 bits per heavy atom. The summed E-state index contributed by atoms with van der Waals surface area (Å²) in [5.74, 6) is -1.00. The maximum Gasteiger partial charge on any atom is 0.355 e. The van der Waals surface area contributed by atoms with Crippen molar-refractivity contribution in [2.75, 3.05) is 0 Å². The van der Waals surface area contributed by atoms with E-state index in [-0.39, 0.29) is 5.69 Å². The van der Waals surface area contributed by atoms with E-state index in [0.717, 1.165) is 5.03 Å². The molecule has 0 saturated carbocycles. The van der Waals surface area contributed by atoms with Crippen LogP contribution in [0.3, 0.4) is 0 Å². The van der Waals surface area contributed by atoms with Crippen LogP contribution in [0.25, 0.3) is 0 Å². The number of pyridine rings is 1. The molecule has 0 aliphatic carbocycles. The van der Waals surface area contributed by atoms with Crippen LogP contribution in [0, 0.1) is 0 Å². The van der Waals surface area contributed by atoms with Crippen LogP contribution in [0.5, 0.6) is 0 Å². The summed E-state index contributed by atoms with van der Waals surface area (Å²) in [5, 5.41) is 11.0. The highest BCUT2D eigenvalue weighted by Crippen LogP contribution is 2.28. The first-order chi connectivity index (χ1) is 7.25. The minimum absolute atomic E-state index is 0.0819. The average Bonchev–Trinajstić information content (AvgIpc) is 2.68. The van der Waals surface area contributed by atoms with Crippen LogP contribution >= 0.6 is 23.1 Å². The van der Waals surface area contributed by atoms with E-state index in [0.29, 0.717) is 4.34 Å². The Balaban J connectivity index is 2.15. The zero-order chi connectivity index (χ0) is 10.7. The maximum absolute atomic E-state index is 10.6. The fraction of sp³-hybridized carbons (Fsp3) is 0. The zero-order valence-electron chi connectivity index (χ0n) is 7.45. The van der Waals surface area contributed by atoms with Crippen LogP contribution in [-0.2, 0) is 0 Å². The third-order valence-electron chi connectivity index (χ3n) is 1.53. The highest BCUT2D eigenvalue weighted by Gasteiger charge is 2.09. The molecule has 2 aromatic rings. The first-order valence-electron chi connectivity index (χ1n) is 4.03. The molecule has 0 saturated heterocycles.